The van der Waals surface area contributed by atoms with Gasteiger partial charge in [0.1, 0.15) is 0 Å². The number of carbonyl (C=O) groups is 2. The monoisotopic (exact) mass is 299 g/mol. The van der Waals surface area contributed by atoms with Gasteiger partial charge in [0.15, 0.2) is 0 Å². The molecule has 116 valence electrons. The number of benzene rings is 1. The maximum absolute atomic E-state index is 12.5. The maximum Gasteiger partial charge on any atom is 0.306 e. The third-order valence-electron chi connectivity index (χ3n) is 4.80. The Labute approximate surface area is 130 Å². The lowest BCUT2D eigenvalue weighted by molar-refractivity contribution is -0.141. The quantitative estimate of drug-likeness (QED) is 0.933. The van der Waals surface area contributed by atoms with Crippen LogP contribution in [0.25, 0.3) is 5.57 Å². The Hall–Kier alpha value is -2.10. The lowest BCUT2D eigenvalue weighted by atomic mass is 9.98. The summed E-state index contributed by atoms with van der Waals surface area (Å²) in [7, 11) is 0. The zero-order valence-electron chi connectivity index (χ0n) is 12.6. The molecule has 1 N–H and O–H groups in total. The number of carboxylic acid groups (broad SMARTS) is 1. The zero-order valence-corrected chi connectivity index (χ0v) is 12.6. The van der Waals surface area contributed by atoms with Crippen molar-refractivity contribution >= 4 is 17.4 Å². The van der Waals surface area contributed by atoms with Crippen LogP contribution in [0.4, 0.5) is 0 Å². The van der Waals surface area contributed by atoms with E-state index in [0.717, 1.165) is 13.0 Å². The van der Waals surface area contributed by atoms with Crippen LogP contribution in [-0.4, -0.2) is 35.0 Å². The van der Waals surface area contributed by atoms with Gasteiger partial charge >= 0.3 is 5.97 Å². The van der Waals surface area contributed by atoms with E-state index in [1.54, 1.807) is 0 Å². The topological polar surface area (TPSA) is 57.6 Å². The largest absolute Gasteiger partial charge is 0.481 e. The molecule has 1 heterocycles. The molecule has 0 radical (unpaired) electrons. The maximum atomic E-state index is 12.5. The zero-order chi connectivity index (χ0) is 15.5. The summed E-state index contributed by atoms with van der Waals surface area (Å²) in [4.78, 5) is 25.4. The first-order chi connectivity index (χ1) is 10.6. The first-order valence-corrected chi connectivity index (χ1v) is 7.91. The predicted molar refractivity (Wildman–Crippen MR) is 84.1 cm³/mol. The number of hydrogen-bond acceptors (Lipinski definition) is 2. The molecule has 4 nitrogen and oxygen atoms in total. The Morgan fingerprint density at radius 1 is 1.09 bits per heavy atom. The number of nitrogens with zero attached hydrogens (tertiary/aromatic N) is 1. The molecule has 2 atom stereocenters. The molecular weight excluding hydrogens is 278 g/mol. The molecule has 1 saturated carbocycles. The summed E-state index contributed by atoms with van der Waals surface area (Å²) in [5.74, 6) is -1.07. The number of amides is 1. The van der Waals surface area contributed by atoms with Crippen LogP contribution in [0.2, 0.25) is 0 Å². The van der Waals surface area contributed by atoms with E-state index in [9.17, 15) is 9.59 Å². The van der Waals surface area contributed by atoms with Gasteiger partial charge in [0.2, 0.25) is 5.91 Å². The summed E-state index contributed by atoms with van der Waals surface area (Å²) in [6.45, 7) is 1.37. The van der Waals surface area contributed by atoms with Crippen molar-refractivity contribution in [1.29, 1.82) is 0 Å². The van der Waals surface area contributed by atoms with E-state index in [2.05, 4.69) is 18.2 Å². The highest BCUT2D eigenvalue weighted by Gasteiger charge is 2.36. The van der Waals surface area contributed by atoms with Crippen LogP contribution in [0.5, 0.6) is 0 Å². The van der Waals surface area contributed by atoms with Crippen LogP contribution < -0.4 is 0 Å². The van der Waals surface area contributed by atoms with Crippen molar-refractivity contribution in [2.75, 3.05) is 13.1 Å². The van der Waals surface area contributed by atoms with Crippen LogP contribution in [0.1, 0.15) is 31.2 Å². The Kier molecular flexibility index (Phi) is 4.27. The molecular formula is C18H21NO3. The molecule has 1 aromatic rings. The molecule has 1 aliphatic heterocycles. The molecule has 3 rings (SSSR count). The molecule has 0 bridgehead atoms. The minimum Gasteiger partial charge on any atom is -0.481 e. The first kappa shape index (κ1) is 14.8. The molecule has 1 aliphatic carbocycles. The smallest absolute Gasteiger partial charge is 0.306 e. The SMILES string of the molecule is O=C(O)[C@@H]1CC[C@H](C(=O)N2CC=C(c3ccccc3)CC2)C1. The predicted octanol–water partition coefficient (Wildman–Crippen LogP) is 2.80. The Bertz CT molecular complexity index is 594. The van der Waals surface area contributed by atoms with E-state index in [4.69, 9.17) is 5.11 Å². The van der Waals surface area contributed by atoms with E-state index in [-0.39, 0.29) is 17.7 Å². The van der Waals surface area contributed by atoms with Gasteiger partial charge in [0, 0.05) is 19.0 Å². The van der Waals surface area contributed by atoms with Crippen LogP contribution in [-0.2, 0) is 9.59 Å². The normalized spacial score (nSPS) is 24.9. The van der Waals surface area contributed by atoms with Gasteiger partial charge in [-0.25, -0.2) is 0 Å². The van der Waals surface area contributed by atoms with Gasteiger partial charge in [-0.3, -0.25) is 9.59 Å². The summed E-state index contributed by atoms with van der Waals surface area (Å²) in [5, 5.41) is 9.05. The van der Waals surface area contributed by atoms with Crippen LogP contribution in [0.15, 0.2) is 36.4 Å². The Morgan fingerprint density at radius 2 is 1.82 bits per heavy atom. The van der Waals surface area contributed by atoms with Crippen molar-refractivity contribution in [2.24, 2.45) is 11.8 Å². The van der Waals surface area contributed by atoms with Crippen molar-refractivity contribution in [3.8, 4) is 0 Å². The van der Waals surface area contributed by atoms with Crippen molar-refractivity contribution < 1.29 is 14.7 Å². The standard InChI is InChI=1S/C18H21NO3/c20-17(15-6-7-16(12-15)18(21)22)19-10-8-14(9-11-19)13-4-2-1-3-5-13/h1-5,8,15-16H,6-7,9-12H2,(H,21,22)/t15-,16+/m0/s1. The summed E-state index contributed by atoms with van der Waals surface area (Å²) in [6.07, 6.45) is 4.83. The summed E-state index contributed by atoms with van der Waals surface area (Å²) in [5.41, 5.74) is 2.51. The lowest BCUT2D eigenvalue weighted by Crippen LogP contribution is -2.38. The Morgan fingerprint density at radius 3 is 2.41 bits per heavy atom. The minimum atomic E-state index is -0.764. The molecule has 0 unspecified atom stereocenters. The van der Waals surface area contributed by atoms with Crippen molar-refractivity contribution in [2.45, 2.75) is 25.7 Å². The van der Waals surface area contributed by atoms with Gasteiger partial charge in [0.05, 0.1) is 5.92 Å². The fourth-order valence-corrected chi connectivity index (χ4v) is 3.47. The van der Waals surface area contributed by atoms with Gasteiger partial charge in [-0.05, 0) is 36.8 Å². The average molecular weight is 299 g/mol. The highest BCUT2D eigenvalue weighted by atomic mass is 16.4. The molecule has 1 fully saturated rings. The molecule has 0 saturated heterocycles. The van der Waals surface area contributed by atoms with Crippen molar-refractivity contribution in [1.82, 2.24) is 4.90 Å². The highest BCUT2D eigenvalue weighted by molar-refractivity contribution is 5.82. The summed E-state index contributed by atoms with van der Waals surface area (Å²) < 4.78 is 0. The Balaban J connectivity index is 1.60. The van der Waals surface area contributed by atoms with Gasteiger partial charge in [-0.2, -0.15) is 0 Å². The van der Waals surface area contributed by atoms with E-state index in [0.29, 0.717) is 25.8 Å². The number of rotatable bonds is 3. The molecule has 1 amide bonds. The fourth-order valence-electron chi connectivity index (χ4n) is 3.47. The second-order valence-corrected chi connectivity index (χ2v) is 6.17. The third-order valence-corrected chi connectivity index (χ3v) is 4.80. The number of hydrogen-bond donors (Lipinski definition) is 1. The van der Waals surface area contributed by atoms with Crippen LogP contribution in [0.3, 0.4) is 0 Å². The minimum absolute atomic E-state index is 0.104. The van der Waals surface area contributed by atoms with Crippen LogP contribution in [0, 0.1) is 11.8 Å². The molecule has 0 spiro atoms. The third kappa shape index (κ3) is 3.06. The van der Waals surface area contributed by atoms with Gasteiger partial charge in [-0.15, -0.1) is 0 Å². The van der Waals surface area contributed by atoms with E-state index in [1.807, 2.05) is 23.1 Å². The molecule has 22 heavy (non-hydrogen) atoms. The second kappa shape index (κ2) is 6.34. The number of carbonyl (C=O) groups excluding carboxylic acids is 1. The molecule has 0 aromatic heterocycles. The fraction of sp³-hybridized carbons (Fsp3) is 0.444. The van der Waals surface area contributed by atoms with E-state index < -0.39 is 5.97 Å². The lowest BCUT2D eigenvalue weighted by Gasteiger charge is -2.29. The van der Waals surface area contributed by atoms with E-state index >= 15 is 0 Å². The number of aliphatic carboxylic acids is 1. The van der Waals surface area contributed by atoms with Gasteiger partial charge in [0.25, 0.3) is 0 Å². The molecule has 2 aliphatic rings. The average Bonchev–Trinajstić information content (AvgIpc) is 3.05. The van der Waals surface area contributed by atoms with E-state index in [1.165, 1.54) is 11.1 Å². The molecule has 4 heteroatoms. The first-order valence-electron chi connectivity index (χ1n) is 7.91. The number of carboxylic acids is 1. The summed E-state index contributed by atoms with van der Waals surface area (Å²) in [6, 6.07) is 10.2. The summed E-state index contributed by atoms with van der Waals surface area (Å²) >= 11 is 0. The second-order valence-electron chi connectivity index (χ2n) is 6.17. The molecule has 1 aromatic carbocycles. The van der Waals surface area contributed by atoms with Gasteiger partial charge in [-0.1, -0.05) is 36.4 Å². The van der Waals surface area contributed by atoms with Crippen molar-refractivity contribution in [3.63, 3.8) is 0 Å². The van der Waals surface area contributed by atoms with Crippen molar-refractivity contribution in [3.05, 3.63) is 42.0 Å². The highest BCUT2D eigenvalue weighted by Crippen LogP contribution is 2.33. The van der Waals surface area contributed by atoms with Gasteiger partial charge < -0.3 is 10.0 Å². The van der Waals surface area contributed by atoms with Crippen LogP contribution >= 0.6 is 0 Å².